The summed E-state index contributed by atoms with van der Waals surface area (Å²) in [6, 6.07) is 19.7. The van der Waals surface area contributed by atoms with Gasteiger partial charge >= 0.3 is 0 Å². The third-order valence-corrected chi connectivity index (χ3v) is 4.90. The Kier molecular flexibility index (Phi) is 9.34. The molecule has 0 aromatic heterocycles. The molecule has 0 saturated carbocycles. The fourth-order valence-corrected chi connectivity index (χ4v) is 3.23. The van der Waals surface area contributed by atoms with Crippen LogP contribution in [-0.4, -0.2) is 32.1 Å². The highest BCUT2D eigenvalue weighted by Gasteiger charge is 2.08. The van der Waals surface area contributed by atoms with Crippen LogP contribution in [0.1, 0.15) is 24.5 Å². The van der Waals surface area contributed by atoms with Gasteiger partial charge in [0.2, 0.25) is 0 Å². The largest absolute Gasteiger partial charge is 0.364 e. The molecule has 150 valence electrons. The lowest BCUT2D eigenvalue weighted by Gasteiger charge is -2.19. The number of hydrogen-bond donors (Lipinski definition) is 2. The van der Waals surface area contributed by atoms with E-state index in [4.69, 9.17) is 0 Å². The van der Waals surface area contributed by atoms with Crippen molar-refractivity contribution < 1.29 is 0 Å². The summed E-state index contributed by atoms with van der Waals surface area (Å²) in [5.41, 5.74) is 3.91. The Morgan fingerprint density at radius 1 is 1.00 bits per heavy atom. The summed E-state index contributed by atoms with van der Waals surface area (Å²) < 4.78 is 0. The number of rotatable bonds is 7. The van der Waals surface area contributed by atoms with Gasteiger partial charge in [-0.15, -0.1) is 24.0 Å². The summed E-state index contributed by atoms with van der Waals surface area (Å²) in [7, 11) is 1.82. The number of halogens is 1. The Bertz CT molecular complexity index is 748. The van der Waals surface area contributed by atoms with Crippen molar-refractivity contribution in [2.24, 2.45) is 4.99 Å². The minimum absolute atomic E-state index is 0. The highest BCUT2D eigenvalue weighted by Crippen LogP contribution is 2.17. The fraction of sp³-hybridized carbons (Fsp3) is 0.348. The molecule has 0 amide bonds. The second kappa shape index (κ2) is 11.7. The molecular weight excluding hydrogens is 459 g/mol. The average Bonchev–Trinajstić information content (AvgIpc) is 3.25. The first-order valence-corrected chi connectivity index (χ1v) is 9.74. The molecule has 1 aliphatic heterocycles. The lowest BCUT2D eigenvalue weighted by atomic mass is 10.1. The molecule has 2 aromatic carbocycles. The zero-order valence-electron chi connectivity index (χ0n) is 16.8. The Morgan fingerprint density at radius 3 is 2.32 bits per heavy atom. The Morgan fingerprint density at radius 2 is 1.68 bits per heavy atom. The smallest absolute Gasteiger partial charge is 0.191 e. The Hall–Kier alpha value is -2.02. The van der Waals surface area contributed by atoms with Crippen LogP contribution in [0.4, 0.5) is 5.69 Å². The van der Waals surface area contributed by atoms with Crippen LogP contribution in [-0.2, 0) is 13.0 Å². The van der Waals surface area contributed by atoms with Gasteiger partial charge in [-0.25, -0.2) is 0 Å². The predicted octanol–water partition coefficient (Wildman–Crippen LogP) is 4.37. The summed E-state index contributed by atoms with van der Waals surface area (Å²) in [6.45, 7) is 4.99. The second-order valence-electron chi connectivity index (χ2n) is 7.04. The van der Waals surface area contributed by atoms with Crippen LogP contribution in [0.5, 0.6) is 0 Å². The highest BCUT2D eigenvalue weighted by molar-refractivity contribution is 14.0. The SMILES string of the molecule is CN=C(NCc1ccc(N2CC=CC2)cc1)NC(C)CCc1ccccc1.I. The van der Waals surface area contributed by atoms with Gasteiger partial charge in [0.05, 0.1) is 0 Å². The lowest BCUT2D eigenvalue weighted by Crippen LogP contribution is -2.42. The van der Waals surface area contributed by atoms with Gasteiger partial charge in [0.1, 0.15) is 0 Å². The highest BCUT2D eigenvalue weighted by atomic mass is 127. The number of aryl methyl sites for hydroxylation is 1. The third-order valence-electron chi connectivity index (χ3n) is 4.90. The molecule has 2 N–H and O–H groups in total. The van der Waals surface area contributed by atoms with Crippen LogP contribution in [0.2, 0.25) is 0 Å². The molecule has 4 nitrogen and oxygen atoms in total. The van der Waals surface area contributed by atoms with E-state index < -0.39 is 0 Å². The molecule has 0 bridgehead atoms. The molecule has 2 aromatic rings. The molecule has 1 heterocycles. The number of hydrogen-bond acceptors (Lipinski definition) is 2. The number of anilines is 1. The number of guanidine groups is 1. The standard InChI is InChI=1S/C23H30N4.HI/c1-19(10-11-20-8-4-3-5-9-20)26-23(24-2)25-18-21-12-14-22(15-13-21)27-16-6-7-17-27;/h3-9,12-15,19H,10-11,16-18H2,1-2H3,(H2,24,25,26);1H. The molecule has 28 heavy (non-hydrogen) atoms. The van der Waals surface area contributed by atoms with Gasteiger partial charge < -0.3 is 15.5 Å². The van der Waals surface area contributed by atoms with Crippen LogP contribution in [0.3, 0.4) is 0 Å². The summed E-state index contributed by atoms with van der Waals surface area (Å²) >= 11 is 0. The Balaban J connectivity index is 0.00000280. The molecule has 0 radical (unpaired) electrons. The molecular formula is C23H31IN4. The van der Waals surface area contributed by atoms with E-state index in [0.29, 0.717) is 6.04 Å². The lowest BCUT2D eigenvalue weighted by molar-refractivity contribution is 0.593. The maximum Gasteiger partial charge on any atom is 0.191 e. The van der Waals surface area contributed by atoms with Crippen molar-refractivity contribution in [1.29, 1.82) is 0 Å². The zero-order valence-corrected chi connectivity index (χ0v) is 19.1. The second-order valence-corrected chi connectivity index (χ2v) is 7.04. The topological polar surface area (TPSA) is 39.7 Å². The van der Waals surface area contributed by atoms with Crippen LogP contribution < -0.4 is 15.5 Å². The number of nitrogens with one attached hydrogen (secondary N) is 2. The molecule has 5 heteroatoms. The zero-order chi connectivity index (χ0) is 18.9. The number of nitrogens with zero attached hydrogens (tertiary/aromatic N) is 2. The summed E-state index contributed by atoms with van der Waals surface area (Å²) in [5.74, 6) is 0.850. The van der Waals surface area contributed by atoms with Crippen molar-refractivity contribution in [3.63, 3.8) is 0 Å². The van der Waals surface area contributed by atoms with Crippen molar-refractivity contribution in [2.75, 3.05) is 25.0 Å². The van der Waals surface area contributed by atoms with Crippen LogP contribution in [0.25, 0.3) is 0 Å². The molecule has 0 aliphatic carbocycles. The number of benzene rings is 2. The van der Waals surface area contributed by atoms with E-state index in [1.54, 1.807) is 0 Å². The van der Waals surface area contributed by atoms with E-state index in [-0.39, 0.29) is 24.0 Å². The molecule has 1 unspecified atom stereocenters. The van der Waals surface area contributed by atoms with Crippen LogP contribution in [0.15, 0.2) is 71.7 Å². The average molecular weight is 490 g/mol. The van der Waals surface area contributed by atoms with E-state index in [2.05, 4.69) is 94.2 Å². The van der Waals surface area contributed by atoms with E-state index in [0.717, 1.165) is 38.4 Å². The predicted molar refractivity (Wildman–Crippen MR) is 131 cm³/mol. The number of aliphatic imine (C=N–C) groups is 1. The quantitative estimate of drug-likeness (QED) is 0.262. The van der Waals surface area contributed by atoms with Gasteiger partial charge in [-0.05, 0) is 43.0 Å². The minimum atomic E-state index is 0. The van der Waals surface area contributed by atoms with Crippen LogP contribution in [0, 0.1) is 0 Å². The fourth-order valence-electron chi connectivity index (χ4n) is 3.23. The van der Waals surface area contributed by atoms with E-state index in [1.165, 1.54) is 16.8 Å². The van der Waals surface area contributed by atoms with E-state index in [9.17, 15) is 0 Å². The van der Waals surface area contributed by atoms with Crippen molar-refractivity contribution in [3.05, 3.63) is 77.9 Å². The van der Waals surface area contributed by atoms with Gasteiger partial charge in [0, 0.05) is 38.4 Å². The first-order valence-electron chi connectivity index (χ1n) is 9.74. The minimum Gasteiger partial charge on any atom is -0.364 e. The van der Waals surface area contributed by atoms with Crippen molar-refractivity contribution in [1.82, 2.24) is 10.6 Å². The molecule has 3 rings (SSSR count). The van der Waals surface area contributed by atoms with Gasteiger partial charge in [0.25, 0.3) is 0 Å². The summed E-state index contributed by atoms with van der Waals surface area (Å²) in [4.78, 5) is 6.71. The molecule has 1 aliphatic rings. The molecule has 0 fully saturated rings. The maximum absolute atomic E-state index is 4.36. The third kappa shape index (κ3) is 6.86. The molecule has 0 saturated heterocycles. The van der Waals surface area contributed by atoms with E-state index in [1.807, 2.05) is 7.05 Å². The van der Waals surface area contributed by atoms with Crippen molar-refractivity contribution >= 4 is 35.6 Å². The van der Waals surface area contributed by atoms with Crippen molar-refractivity contribution in [2.45, 2.75) is 32.4 Å². The molecule has 1 atom stereocenters. The summed E-state index contributed by atoms with van der Waals surface area (Å²) in [6.07, 6.45) is 6.57. The van der Waals surface area contributed by atoms with E-state index >= 15 is 0 Å². The first-order chi connectivity index (χ1) is 13.2. The monoisotopic (exact) mass is 490 g/mol. The summed E-state index contributed by atoms with van der Waals surface area (Å²) in [5, 5.41) is 6.90. The first kappa shape index (κ1) is 22.3. The van der Waals surface area contributed by atoms with Gasteiger partial charge in [-0.3, -0.25) is 4.99 Å². The van der Waals surface area contributed by atoms with Crippen LogP contribution >= 0.6 is 24.0 Å². The van der Waals surface area contributed by atoms with Crippen molar-refractivity contribution in [3.8, 4) is 0 Å². The normalized spacial score (nSPS) is 14.5. The van der Waals surface area contributed by atoms with Gasteiger partial charge in [-0.1, -0.05) is 54.6 Å². The van der Waals surface area contributed by atoms with Gasteiger partial charge in [0.15, 0.2) is 5.96 Å². The Labute approximate surface area is 186 Å². The maximum atomic E-state index is 4.36. The van der Waals surface area contributed by atoms with Gasteiger partial charge in [-0.2, -0.15) is 0 Å². The molecule has 0 spiro atoms.